The molecule has 4 rings (SSSR count). The van der Waals surface area contributed by atoms with Gasteiger partial charge in [-0.25, -0.2) is 4.68 Å². The molecule has 1 N–H and O–H groups in total. The Hall–Kier alpha value is -2.33. The summed E-state index contributed by atoms with van der Waals surface area (Å²) in [5.41, 5.74) is 3.27. The molecule has 35 heavy (non-hydrogen) atoms. The lowest BCUT2D eigenvalue weighted by molar-refractivity contribution is -0.123. The Morgan fingerprint density at radius 2 is 2.06 bits per heavy atom. The van der Waals surface area contributed by atoms with Crippen molar-refractivity contribution in [3.05, 3.63) is 62.9 Å². The van der Waals surface area contributed by atoms with E-state index in [0.717, 1.165) is 16.8 Å². The summed E-state index contributed by atoms with van der Waals surface area (Å²) in [5.74, 6) is 0.428. The fraction of sp³-hybridized carbons (Fsp3) is 0.400. The maximum Gasteiger partial charge on any atom is 0.240 e. The maximum atomic E-state index is 13.5. The fourth-order valence-corrected chi connectivity index (χ4v) is 6.22. The SMILES string of the molecule is COCCNC(=O)CN1C(=O)CSC(c2ccsc2)c2c(C(C)(C)C)nn(-c3ccccc3Cl)c21. The zero-order valence-corrected chi connectivity index (χ0v) is 22.6. The molecule has 10 heteroatoms. The number of ether oxygens (including phenoxy) is 1. The summed E-state index contributed by atoms with van der Waals surface area (Å²) in [6.07, 6.45) is 0. The Labute approximate surface area is 218 Å². The van der Waals surface area contributed by atoms with E-state index in [-0.39, 0.29) is 34.8 Å². The van der Waals surface area contributed by atoms with Gasteiger partial charge in [-0.3, -0.25) is 14.5 Å². The molecular weight excluding hydrogens is 504 g/mol. The molecule has 0 fully saturated rings. The van der Waals surface area contributed by atoms with Gasteiger partial charge in [0.25, 0.3) is 0 Å². The number of halogens is 1. The van der Waals surface area contributed by atoms with Gasteiger partial charge in [-0.2, -0.15) is 16.4 Å². The lowest BCUT2D eigenvalue weighted by atomic mass is 9.87. The topological polar surface area (TPSA) is 76.5 Å². The molecule has 1 aliphatic heterocycles. The number of thioether (sulfide) groups is 1. The number of aromatic nitrogens is 2. The van der Waals surface area contributed by atoms with Gasteiger partial charge >= 0.3 is 0 Å². The van der Waals surface area contributed by atoms with Gasteiger partial charge < -0.3 is 10.1 Å². The van der Waals surface area contributed by atoms with Crippen LogP contribution in [-0.4, -0.2) is 54.2 Å². The van der Waals surface area contributed by atoms with E-state index in [2.05, 4.69) is 37.5 Å². The molecule has 0 saturated carbocycles. The number of benzene rings is 1. The summed E-state index contributed by atoms with van der Waals surface area (Å²) in [6.45, 7) is 6.97. The second kappa shape index (κ2) is 10.7. The first kappa shape index (κ1) is 25.8. The lowest BCUT2D eigenvalue weighted by Gasteiger charge is -2.24. The van der Waals surface area contributed by atoms with E-state index in [4.69, 9.17) is 21.4 Å². The molecule has 2 amide bonds. The molecule has 3 heterocycles. The average molecular weight is 533 g/mol. The quantitative estimate of drug-likeness (QED) is 0.442. The summed E-state index contributed by atoms with van der Waals surface area (Å²) in [7, 11) is 1.58. The minimum absolute atomic E-state index is 0.104. The molecule has 3 aromatic rings. The molecule has 0 aliphatic carbocycles. The third-order valence-electron chi connectivity index (χ3n) is 5.66. The smallest absolute Gasteiger partial charge is 0.240 e. The van der Waals surface area contributed by atoms with Crippen LogP contribution in [0.4, 0.5) is 5.82 Å². The molecule has 0 radical (unpaired) electrons. The van der Waals surface area contributed by atoms with E-state index in [1.807, 2.05) is 23.6 Å². The minimum atomic E-state index is -0.314. The van der Waals surface area contributed by atoms with Crippen LogP contribution in [0.3, 0.4) is 0 Å². The maximum absolute atomic E-state index is 13.5. The summed E-state index contributed by atoms with van der Waals surface area (Å²) in [6, 6.07) is 9.50. The van der Waals surface area contributed by atoms with Crippen molar-refractivity contribution in [2.24, 2.45) is 0 Å². The highest BCUT2D eigenvalue weighted by Crippen LogP contribution is 2.49. The second-order valence-corrected chi connectivity index (χ2v) is 11.6. The molecule has 1 atom stereocenters. The minimum Gasteiger partial charge on any atom is -0.383 e. The van der Waals surface area contributed by atoms with Crippen molar-refractivity contribution in [1.82, 2.24) is 15.1 Å². The summed E-state index contributed by atoms with van der Waals surface area (Å²) >= 11 is 9.80. The van der Waals surface area contributed by atoms with Crippen molar-refractivity contribution in [2.45, 2.75) is 31.4 Å². The number of carbonyl (C=O) groups excluding carboxylic acids is 2. The summed E-state index contributed by atoms with van der Waals surface area (Å²) in [4.78, 5) is 27.9. The van der Waals surface area contributed by atoms with E-state index in [1.165, 1.54) is 0 Å². The molecule has 1 aromatic carbocycles. The third kappa shape index (κ3) is 5.43. The Morgan fingerprint density at radius 3 is 2.71 bits per heavy atom. The van der Waals surface area contributed by atoms with Gasteiger partial charge in [-0.05, 0) is 34.5 Å². The van der Waals surface area contributed by atoms with Gasteiger partial charge in [0.1, 0.15) is 12.4 Å². The van der Waals surface area contributed by atoms with Gasteiger partial charge in [0.2, 0.25) is 11.8 Å². The van der Waals surface area contributed by atoms with Crippen molar-refractivity contribution < 1.29 is 14.3 Å². The van der Waals surface area contributed by atoms with Crippen LogP contribution in [0.5, 0.6) is 0 Å². The molecule has 1 aliphatic rings. The lowest BCUT2D eigenvalue weighted by Crippen LogP contribution is -2.43. The number of hydrogen-bond donors (Lipinski definition) is 1. The molecular formula is C25H29ClN4O3S2. The molecule has 0 spiro atoms. The largest absolute Gasteiger partial charge is 0.383 e. The number of carbonyl (C=O) groups is 2. The van der Waals surface area contributed by atoms with E-state index in [9.17, 15) is 9.59 Å². The average Bonchev–Trinajstić information content (AvgIpc) is 3.44. The van der Waals surface area contributed by atoms with Gasteiger partial charge in [0.15, 0.2) is 0 Å². The summed E-state index contributed by atoms with van der Waals surface area (Å²) in [5, 5.41) is 12.4. The van der Waals surface area contributed by atoms with Crippen molar-refractivity contribution in [2.75, 3.05) is 37.5 Å². The van der Waals surface area contributed by atoms with Crippen LogP contribution in [0.1, 0.15) is 42.8 Å². The Morgan fingerprint density at radius 1 is 1.29 bits per heavy atom. The van der Waals surface area contributed by atoms with Crippen LogP contribution in [-0.2, 0) is 19.7 Å². The van der Waals surface area contributed by atoms with Gasteiger partial charge in [-0.1, -0.05) is 44.5 Å². The number of rotatable bonds is 7. The number of amides is 2. The van der Waals surface area contributed by atoms with Gasteiger partial charge in [0.05, 0.1) is 34.0 Å². The van der Waals surface area contributed by atoms with Crippen molar-refractivity contribution in [3.8, 4) is 5.69 Å². The van der Waals surface area contributed by atoms with Crippen LogP contribution in [0.15, 0.2) is 41.1 Å². The van der Waals surface area contributed by atoms with Gasteiger partial charge in [0, 0.05) is 24.6 Å². The molecule has 0 bridgehead atoms. The highest BCUT2D eigenvalue weighted by molar-refractivity contribution is 8.00. The first-order valence-electron chi connectivity index (χ1n) is 11.3. The first-order valence-corrected chi connectivity index (χ1v) is 13.7. The van der Waals surface area contributed by atoms with E-state index >= 15 is 0 Å². The van der Waals surface area contributed by atoms with Crippen LogP contribution < -0.4 is 10.2 Å². The standard InChI is InChI=1S/C25H29ClN4O3S2/c1-25(2,3)23-21-22(16-9-12-34-14-16)35-15-20(32)29(13-19(31)27-10-11-33-4)24(21)30(28-23)18-8-6-5-7-17(18)26/h5-9,12,14,22H,10-11,13,15H2,1-4H3,(H,27,31). The number of thiophene rings is 1. The fourth-order valence-electron chi connectivity index (χ4n) is 4.04. The molecule has 1 unspecified atom stereocenters. The van der Waals surface area contributed by atoms with Gasteiger partial charge in [-0.15, -0.1) is 11.8 Å². The number of nitrogens with zero attached hydrogens (tertiary/aromatic N) is 3. The third-order valence-corrected chi connectivity index (χ3v) is 7.93. The van der Waals surface area contributed by atoms with E-state index in [0.29, 0.717) is 29.7 Å². The molecule has 186 valence electrons. The predicted octanol–water partition coefficient (Wildman–Crippen LogP) is 4.82. The number of anilines is 1. The monoisotopic (exact) mass is 532 g/mol. The van der Waals surface area contributed by atoms with E-state index in [1.54, 1.807) is 45.9 Å². The highest BCUT2D eigenvalue weighted by atomic mass is 35.5. The van der Waals surface area contributed by atoms with Crippen LogP contribution in [0.2, 0.25) is 5.02 Å². The Balaban J connectivity index is 1.94. The number of hydrogen-bond acceptors (Lipinski definition) is 6. The van der Waals surface area contributed by atoms with Crippen molar-refractivity contribution in [3.63, 3.8) is 0 Å². The Bertz CT molecular complexity index is 1200. The van der Waals surface area contributed by atoms with E-state index < -0.39 is 0 Å². The molecule has 2 aromatic heterocycles. The van der Waals surface area contributed by atoms with Crippen LogP contribution in [0.25, 0.3) is 5.69 Å². The zero-order chi connectivity index (χ0) is 25.2. The number of fused-ring (bicyclic) bond motifs is 1. The number of nitrogens with one attached hydrogen (secondary N) is 1. The Kier molecular flexibility index (Phi) is 7.90. The van der Waals surface area contributed by atoms with Crippen LogP contribution in [0, 0.1) is 0 Å². The van der Waals surface area contributed by atoms with Crippen LogP contribution >= 0.6 is 34.7 Å². The summed E-state index contributed by atoms with van der Waals surface area (Å²) < 4.78 is 6.78. The predicted molar refractivity (Wildman–Crippen MR) is 143 cm³/mol. The second-order valence-electron chi connectivity index (χ2n) is 9.27. The van der Waals surface area contributed by atoms with Crippen molar-refractivity contribution >= 4 is 52.3 Å². The number of para-hydroxylation sites is 1. The number of methoxy groups -OCH3 is 1. The zero-order valence-electron chi connectivity index (χ0n) is 20.2. The normalized spacial score (nSPS) is 16.2. The van der Waals surface area contributed by atoms with Crippen molar-refractivity contribution in [1.29, 1.82) is 0 Å². The first-order chi connectivity index (χ1) is 16.7. The molecule has 0 saturated heterocycles. The highest BCUT2D eigenvalue weighted by Gasteiger charge is 2.40. The molecule has 7 nitrogen and oxygen atoms in total.